The first kappa shape index (κ1) is 14.3. The molecule has 3 heteroatoms. The number of nitrogens with two attached hydrogens (primary N) is 1. The van der Waals surface area contributed by atoms with Crippen molar-refractivity contribution in [2.24, 2.45) is 17.1 Å². The molecule has 1 aliphatic heterocycles. The molecular formula is C16H27N3. The van der Waals surface area contributed by atoms with Crippen LogP contribution in [0.15, 0.2) is 12.3 Å². The van der Waals surface area contributed by atoms with Crippen molar-refractivity contribution in [3.8, 4) is 0 Å². The summed E-state index contributed by atoms with van der Waals surface area (Å²) in [5.74, 6) is 1.97. The average Bonchev–Trinajstić information content (AvgIpc) is 2.37. The Morgan fingerprint density at radius 2 is 1.95 bits per heavy atom. The topological polar surface area (TPSA) is 42.1 Å². The number of hydrogen-bond donors (Lipinski definition) is 1. The smallest absolute Gasteiger partial charge is 0.131 e. The highest BCUT2D eigenvalue weighted by atomic mass is 15.2. The van der Waals surface area contributed by atoms with Crippen molar-refractivity contribution in [1.82, 2.24) is 4.98 Å². The van der Waals surface area contributed by atoms with E-state index >= 15 is 0 Å². The Kier molecular flexibility index (Phi) is 4.14. The predicted molar refractivity (Wildman–Crippen MR) is 81.3 cm³/mol. The first-order valence-electron chi connectivity index (χ1n) is 7.32. The molecule has 2 N–H and O–H groups in total. The molecule has 0 atom stereocenters. The third kappa shape index (κ3) is 3.27. The molecule has 1 fully saturated rings. The van der Waals surface area contributed by atoms with Crippen LogP contribution in [0.3, 0.4) is 0 Å². The minimum atomic E-state index is 0.429. The molecule has 0 spiro atoms. The summed E-state index contributed by atoms with van der Waals surface area (Å²) in [4.78, 5) is 7.03. The molecule has 0 unspecified atom stereocenters. The molecule has 1 aromatic heterocycles. The zero-order chi connectivity index (χ0) is 14.0. The van der Waals surface area contributed by atoms with Gasteiger partial charge in [0.1, 0.15) is 5.82 Å². The minimum absolute atomic E-state index is 0.429. The van der Waals surface area contributed by atoms with Gasteiger partial charge in [-0.1, -0.05) is 20.8 Å². The lowest BCUT2D eigenvalue weighted by Gasteiger charge is -2.39. The Hall–Kier alpha value is -1.09. The fourth-order valence-corrected chi connectivity index (χ4v) is 3.03. The van der Waals surface area contributed by atoms with Crippen molar-refractivity contribution in [3.05, 3.63) is 23.4 Å². The molecule has 2 heterocycles. The van der Waals surface area contributed by atoms with Gasteiger partial charge in [0.25, 0.3) is 0 Å². The Morgan fingerprint density at radius 3 is 2.42 bits per heavy atom. The van der Waals surface area contributed by atoms with Crippen LogP contribution in [-0.4, -0.2) is 18.1 Å². The number of rotatable bonds is 2. The summed E-state index contributed by atoms with van der Waals surface area (Å²) < 4.78 is 0. The van der Waals surface area contributed by atoms with Crippen LogP contribution in [0, 0.1) is 18.3 Å². The van der Waals surface area contributed by atoms with Crippen molar-refractivity contribution in [3.63, 3.8) is 0 Å². The van der Waals surface area contributed by atoms with Crippen LogP contribution in [0.25, 0.3) is 0 Å². The van der Waals surface area contributed by atoms with Crippen LogP contribution in [0.2, 0.25) is 0 Å². The van der Waals surface area contributed by atoms with Gasteiger partial charge in [-0.3, -0.25) is 0 Å². The normalized spacial score (nSPS) is 17.8. The third-order valence-corrected chi connectivity index (χ3v) is 4.36. The number of aryl methyl sites for hydroxylation is 1. The van der Waals surface area contributed by atoms with Crippen molar-refractivity contribution in [2.45, 2.75) is 47.1 Å². The number of aromatic nitrogens is 1. The zero-order valence-electron chi connectivity index (χ0n) is 12.7. The van der Waals surface area contributed by atoms with E-state index in [0.29, 0.717) is 12.0 Å². The van der Waals surface area contributed by atoms with Crippen LogP contribution in [0.1, 0.15) is 44.7 Å². The number of nitrogens with zero attached hydrogens (tertiary/aromatic N) is 2. The fourth-order valence-electron chi connectivity index (χ4n) is 3.03. The van der Waals surface area contributed by atoms with Crippen molar-refractivity contribution in [1.29, 1.82) is 0 Å². The van der Waals surface area contributed by atoms with Gasteiger partial charge in [0.05, 0.1) is 0 Å². The summed E-state index contributed by atoms with van der Waals surface area (Å²) in [5, 5.41) is 0. The zero-order valence-corrected chi connectivity index (χ0v) is 12.7. The highest BCUT2D eigenvalue weighted by Gasteiger charge is 2.29. The third-order valence-electron chi connectivity index (χ3n) is 4.36. The Bertz CT molecular complexity index is 426. The maximum absolute atomic E-state index is 5.66. The number of pyridine rings is 1. The van der Waals surface area contributed by atoms with Crippen LogP contribution in [0.5, 0.6) is 0 Å². The van der Waals surface area contributed by atoms with Crippen LogP contribution in [-0.2, 0) is 6.54 Å². The van der Waals surface area contributed by atoms with Crippen LogP contribution in [0.4, 0.5) is 5.82 Å². The lowest BCUT2D eigenvalue weighted by Crippen LogP contribution is -2.38. The molecule has 0 saturated carbocycles. The van der Waals surface area contributed by atoms with Gasteiger partial charge in [-0.15, -0.1) is 0 Å². The van der Waals surface area contributed by atoms with Crippen LogP contribution >= 0.6 is 0 Å². The minimum Gasteiger partial charge on any atom is -0.356 e. The molecule has 0 bridgehead atoms. The maximum atomic E-state index is 5.66. The standard InChI is InChI=1S/C16H27N3/c1-12-9-13(10-17)11-18-15(12)19-7-5-14(6-8-19)16(2,3)4/h9,11,14H,5-8,10,17H2,1-4H3. The summed E-state index contributed by atoms with van der Waals surface area (Å²) in [5.41, 5.74) is 8.45. The van der Waals surface area contributed by atoms with Gasteiger partial charge in [0.2, 0.25) is 0 Å². The molecule has 0 radical (unpaired) electrons. The summed E-state index contributed by atoms with van der Waals surface area (Å²) in [6, 6.07) is 2.16. The largest absolute Gasteiger partial charge is 0.356 e. The Labute approximate surface area is 117 Å². The second kappa shape index (κ2) is 5.49. The van der Waals surface area contributed by atoms with E-state index in [9.17, 15) is 0 Å². The molecule has 0 aliphatic carbocycles. The SMILES string of the molecule is Cc1cc(CN)cnc1N1CCC(C(C)(C)C)CC1. The molecule has 19 heavy (non-hydrogen) atoms. The summed E-state index contributed by atoms with van der Waals surface area (Å²) in [7, 11) is 0. The van der Waals surface area contributed by atoms with E-state index < -0.39 is 0 Å². The number of anilines is 1. The Balaban J connectivity index is 2.06. The van der Waals surface area contributed by atoms with Crippen molar-refractivity contribution >= 4 is 5.82 Å². The van der Waals surface area contributed by atoms with Gasteiger partial charge >= 0.3 is 0 Å². The first-order chi connectivity index (χ1) is 8.91. The fraction of sp³-hybridized carbons (Fsp3) is 0.688. The monoisotopic (exact) mass is 261 g/mol. The van der Waals surface area contributed by atoms with E-state index in [4.69, 9.17) is 5.73 Å². The van der Waals surface area contributed by atoms with Gasteiger partial charge in [-0.2, -0.15) is 0 Å². The second-order valence-corrected chi connectivity index (χ2v) is 6.82. The molecule has 1 aliphatic rings. The molecule has 3 nitrogen and oxygen atoms in total. The summed E-state index contributed by atoms with van der Waals surface area (Å²) in [6.07, 6.45) is 4.45. The van der Waals surface area contributed by atoms with Gasteiger partial charge < -0.3 is 10.6 Å². The van der Waals surface area contributed by atoms with Gasteiger partial charge in [0, 0.05) is 25.8 Å². The first-order valence-corrected chi connectivity index (χ1v) is 7.32. The van der Waals surface area contributed by atoms with E-state index in [2.05, 4.69) is 43.6 Å². The average molecular weight is 261 g/mol. The van der Waals surface area contributed by atoms with E-state index in [-0.39, 0.29) is 0 Å². The molecule has 0 amide bonds. The molecule has 2 rings (SSSR count). The van der Waals surface area contributed by atoms with Crippen molar-refractivity contribution in [2.75, 3.05) is 18.0 Å². The highest BCUT2D eigenvalue weighted by Crippen LogP contribution is 2.35. The predicted octanol–water partition coefficient (Wildman–Crippen LogP) is 3.11. The van der Waals surface area contributed by atoms with E-state index in [1.54, 1.807) is 0 Å². The molecule has 1 aromatic rings. The van der Waals surface area contributed by atoms with Gasteiger partial charge in [-0.05, 0) is 48.3 Å². The number of hydrogen-bond acceptors (Lipinski definition) is 3. The second-order valence-electron chi connectivity index (χ2n) is 6.82. The summed E-state index contributed by atoms with van der Waals surface area (Å²) in [6.45, 7) is 12.0. The molecular weight excluding hydrogens is 234 g/mol. The van der Waals surface area contributed by atoms with E-state index in [1.807, 2.05) is 6.20 Å². The van der Waals surface area contributed by atoms with Crippen molar-refractivity contribution < 1.29 is 0 Å². The van der Waals surface area contributed by atoms with E-state index in [1.165, 1.54) is 18.4 Å². The lowest BCUT2D eigenvalue weighted by atomic mass is 9.75. The molecule has 106 valence electrons. The maximum Gasteiger partial charge on any atom is 0.131 e. The highest BCUT2D eigenvalue weighted by molar-refractivity contribution is 5.47. The molecule has 0 aromatic carbocycles. The summed E-state index contributed by atoms with van der Waals surface area (Å²) >= 11 is 0. The van der Waals surface area contributed by atoms with E-state index in [0.717, 1.165) is 30.4 Å². The Morgan fingerprint density at radius 1 is 1.32 bits per heavy atom. The van der Waals surface area contributed by atoms with Gasteiger partial charge in [0.15, 0.2) is 0 Å². The number of piperidine rings is 1. The van der Waals surface area contributed by atoms with Gasteiger partial charge in [-0.25, -0.2) is 4.98 Å². The van der Waals surface area contributed by atoms with Crippen LogP contribution < -0.4 is 10.6 Å². The quantitative estimate of drug-likeness (QED) is 0.889. The lowest BCUT2D eigenvalue weighted by molar-refractivity contribution is 0.198. The molecule has 1 saturated heterocycles.